The molecule has 0 saturated carbocycles. The van der Waals surface area contributed by atoms with E-state index in [2.05, 4.69) is 27.2 Å². The molecular formula is C16H21FN4. The number of hydrogen-bond donors (Lipinski definition) is 1. The van der Waals surface area contributed by atoms with Gasteiger partial charge in [0.1, 0.15) is 11.5 Å². The van der Waals surface area contributed by atoms with Crippen LogP contribution in [0.3, 0.4) is 0 Å². The number of hydrogen-bond acceptors (Lipinski definition) is 4. The summed E-state index contributed by atoms with van der Waals surface area (Å²) in [5.41, 5.74) is 3.69. The van der Waals surface area contributed by atoms with Gasteiger partial charge in [0.2, 0.25) is 0 Å². The van der Waals surface area contributed by atoms with Gasteiger partial charge in [-0.15, -0.1) is 0 Å². The SMILES string of the molecule is CCCNCCc1c(C)nc(-c2ccc(F)cn2)nc1C. The summed E-state index contributed by atoms with van der Waals surface area (Å²) >= 11 is 0. The standard InChI is InChI=1S/C16H21FN4/c1-4-8-18-9-7-14-11(2)20-16(21-12(14)3)15-6-5-13(17)10-19-15/h5-6,10,18H,4,7-9H2,1-3H3. The van der Waals surface area contributed by atoms with Crippen molar-refractivity contribution >= 4 is 0 Å². The Bertz CT molecular complexity index is 573. The average molecular weight is 288 g/mol. The lowest BCUT2D eigenvalue weighted by atomic mass is 10.1. The summed E-state index contributed by atoms with van der Waals surface area (Å²) in [6.07, 6.45) is 3.23. The molecule has 0 saturated heterocycles. The molecule has 0 unspecified atom stereocenters. The first-order chi connectivity index (χ1) is 10.1. The van der Waals surface area contributed by atoms with Crippen LogP contribution >= 0.6 is 0 Å². The molecule has 2 rings (SSSR count). The number of nitrogens with one attached hydrogen (secondary N) is 1. The van der Waals surface area contributed by atoms with E-state index in [0.29, 0.717) is 11.5 Å². The van der Waals surface area contributed by atoms with E-state index in [-0.39, 0.29) is 5.82 Å². The molecule has 1 N–H and O–H groups in total. The Kier molecular flexibility index (Phi) is 5.33. The van der Waals surface area contributed by atoms with Gasteiger partial charge in [0, 0.05) is 11.4 Å². The fraction of sp³-hybridized carbons (Fsp3) is 0.438. The zero-order valence-electron chi connectivity index (χ0n) is 12.8. The van der Waals surface area contributed by atoms with Crippen LogP contribution in [0.2, 0.25) is 0 Å². The van der Waals surface area contributed by atoms with Crippen molar-refractivity contribution in [1.29, 1.82) is 0 Å². The molecule has 5 heteroatoms. The predicted octanol–water partition coefficient (Wildman–Crippen LogP) is 2.84. The molecule has 0 radical (unpaired) electrons. The Morgan fingerprint density at radius 2 is 1.81 bits per heavy atom. The van der Waals surface area contributed by atoms with Crippen LogP contribution < -0.4 is 5.32 Å². The molecule has 2 heterocycles. The van der Waals surface area contributed by atoms with E-state index in [0.717, 1.165) is 37.3 Å². The van der Waals surface area contributed by atoms with Gasteiger partial charge in [-0.2, -0.15) is 0 Å². The van der Waals surface area contributed by atoms with Crippen molar-refractivity contribution in [3.05, 3.63) is 41.1 Å². The second kappa shape index (κ2) is 7.22. The van der Waals surface area contributed by atoms with Gasteiger partial charge in [-0.3, -0.25) is 0 Å². The van der Waals surface area contributed by atoms with Crippen LogP contribution in [-0.4, -0.2) is 28.0 Å². The van der Waals surface area contributed by atoms with Crippen molar-refractivity contribution in [3.63, 3.8) is 0 Å². The number of halogens is 1. The Morgan fingerprint density at radius 3 is 2.38 bits per heavy atom. The minimum atomic E-state index is -0.356. The minimum absolute atomic E-state index is 0.356. The number of aromatic nitrogens is 3. The summed E-state index contributed by atoms with van der Waals surface area (Å²) in [5.74, 6) is 0.195. The molecule has 0 aliphatic rings. The van der Waals surface area contributed by atoms with E-state index in [1.807, 2.05) is 13.8 Å². The Labute approximate surface area is 124 Å². The van der Waals surface area contributed by atoms with E-state index < -0.39 is 0 Å². The van der Waals surface area contributed by atoms with Crippen molar-refractivity contribution < 1.29 is 4.39 Å². The highest BCUT2D eigenvalue weighted by Gasteiger charge is 2.10. The molecule has 2 aromatic heterocycles. The lowest BCUT2D eigenvalue weighted by Crippen LogP contribution is -2.19. The summed E-state index contributed by atoms with van der Waals surface area (Å²) in [6, 6.07) is 2.98. The summed E-state index contributed by atoms with van der Waals surface area (Å²) in [7, 11) is 0. The maximum Gasteiger partial charge on any atom is 0.178 e. The van der Waals surface area contributed by atoms with E-state index in [4.69, 9.17) is 0 Å². The molecule has 0 bridgehead atoms. The van der Waals surface area contributed by atoms with Crippen molar-refractivity contribution in [2.75, 3.05) is 13.1 Å². The summed E-state index contributed by atoms with van der Waals surface area (Å²) in [5, 5.41) is 3.38. The third-order valence-corrected chi connectivity index (χ3v) is 3.36. The molecule has 112 valence electrons. The third-order valence-electron chi connectivity index (χ3n) is 3.36. The second-order valence-electron chi connectivity index (χ2n) is 5.06. The monoisotopic (exact) mass is 288 g/mol. The molecule has 21 heavy (non-hydrogen) atoms. The highest BCUT2D eigenvalue weighted by molar-refractivity contribution is 5.50. The van der Waals surface area contributed by atoms with Crippen LogP contribution in [0.1, 0.15) is 30.3 Å². The molecule has 0 fully saturated rings. The molecule has 0 spiro atoms. The maximum absolute atomic E-state index is 12.9. The summed E-state index contributed by atoms with van der Waals surface area (Å²) < 4.78 is 12.9. The molecular weight excluding hydrogens is 267 g/mol. The molecule has 4 nitrogen and oxygen atoms in total. The fourth-order valence-electron chi connectivity index (χ4n) is 2.24. The first-order valence-electron chi connectivity index (χ1n) is 7.28. The number of aryl methyl sites for hydroxylation is 2. The van der Waals surface area contributed by atoms with Crippen LogP contribution in [0.25, 0.3) is 11.5 Å². The van der Waals surface area contributed by atoms with E-state index >= 15 is 0 Å². The first-order valence-corrected chi connectivity index (χ1v) is 7.28. The van der Waals surface area contributed by atoms with Crippen LogP contribution in [0.15, 0.2) is 18.3 Å². The maximum atomic E-state index is 12.9. The third kappa shape index (κ3) is 4.04. The van der Waals surface area contributed by atoms with Crippen LogP contribution in [0, 0.1) is 19.7 Å². The van der Waals surface area contributed by atoms with E-state index in [1.54, 1.807) is 6.07 Å². The number of nitrogens with zero attached hydrogens (tertiary/aromatic N) is 3. The van der Waals surface area contributed by atoms with Crippen LogP contribution in [0.5, 0.6) is 0 Å². The lowest BCUT2D eigenvalue weighted by molar-refractivity contribution is 0.621. The second-order valence-corrected chi connectivity index (χ2v) is 5.06. The summed E-state index contributed by atoms with van der Waals surface area (Å²) in [4.78, 5) is 13.1. The zero-order valence-corrected chi connectivity index (χ0v) is 12.8. The van der Waals surface area contributed by atoms with Gasteiger partial charge in [0.05, 0.1) is 6.20 Å². The highest BCUT2D eigenvalue weighted by atomic mass is 19.1. The lowest BCUT2D eigenvalue weighted by Gasteiger charge is -2.11. The van der Waals surface area contributed by atoms with Crippen molar-refractivity contribution in [2.45, 2.75) is 33.6 Å². The molecule has 2 aromatic rings. The number of pyridine rings is 1. The van der Waals surface area contributed by atoms with Crippen molar-refractivity contribution in [3.8, 4) is 11.5 Å². The van der Waals surface area contributed by atoms with Gasteiger partial charge < -0.3 is 5.32 Å². The topological polar surface area (TPSA) is 50.7 Å². The Morgan fingerprint density at radius 1 is 1.10 bits per heavy atom. The molecule has 0 amide bonds. The molecule has 0 atom stereocenters. The van der Waals surface area contributed by atoms with E-state index in [1.165, 1.54) is 17.8 Å². The van der Waals surface area contributed by atoms with Gasteiger partial charge in [0.25, 0.3) is 0 Å². The van der Waals surface area contributed by atoms with Crippen LogP contribution in [-0.2, 0) is 6.42 Å². The fourth-order valence-corrected chi connectivity index (χ4v) is 2.24. The highest BCUT2D eigenvalue weighted by Crippen LogP contribution is 2.17. The number of rotatable bonds is 6. The molecule has 0 aliphatic carbocycles. The Balaban J connectivity index is 2.18. The average Bonchev–Trinajstić information content (AvgIpc) is 2.46. The minimum Gasteiger partial charge on any atom is -0.316 e. The van der Waals surface area contributed by atoms with Crippen molar-refractivity contribution in [2.24, 2.45) is 0 Å². The van der Waals surface area contributed by atoms with Gasteiger partial charge in [0.15, 0.2) is 5.82 Å². The molecule has 0 aromatic carbocycles. The van der Waals surface area contributed by atoms with Gasteiger partial charge in [-0.25, -0.2) is 19.3 Å². The molecule has 0 aliphatic heterocycles. The Hall–Kier alpha value is -1.88. The first kappa shape index (κ1) is 15.5. The largest absolute Gasteiger partial charge is 0.316 e. The quantitative estimate of drug-likeness (QED) is 0.830. The van der Waals surface area contributed by atoms with Gasteiger partial charge in [-0.1, -0.05) is 6.92 Å². The predicted molar refractivity (Wildman–Crippen MR) is 81.6 cm³/mol. The van der Waals surface area contributed by atoms with E-state index in [9.17, 15) is 4.39 Å². The van der Waals surface area contributed by atoms with Gasteiger partial charge in [-0.05, 0) is 57.5 Å². The van der Waals surface area contributed by atoms with Gasteiger partial charge >= 0.3 is 0 Å². The smallest absolute Gasteiger partial charge is 0.178 e. The van der Waals surface area contributed by atoms with Crippen LogP contribution in [0.4, 0.5) is 4.39 Å². The normalized spacial score (nSPS) is 10.9. The van der Waals surface area contributed by atoms with Crippen molar-refractivity contribution in [1.82, 2.24) is 20.3 Å². The zero-order chi connectivity index (χ0) is 15.2. The summed E-state index contributed by atoms with van der Waals surface area (Å²) in [6.45, 7) is 8.06.